The van der Waals surface area contributed by atoms with E-state index in [1.807, 2.05) is 0 Å². The molecule has 27 heavy (non-hydrogen) atoms. The standard InChI is InChI=1S/C25H48N2/c1-4-6-8-10-11-12-13-14-15-16-17-18-20-22-27(24-25(3)23-26)21-19-9-7-5-2/h3-22,24H2,1-2H3. The molecule has 0 aromatic heterocycles. The molecule has 0 heterocycles. The van der Waals surface area contributed by atoms with E-state index in [1.165, 1.54) is 109 Å². The van der Waals surface area contributed by atoms with Crippen molar-refractivity contribution in [3.63, 3.8) is 0 Å². The van der Waals surface area contributed by atoms with Crippen LogP contribution < -0.4 is 0 Å². The van der Waals surface area contributed by atoms with Crippen molar-refractivity contribution in [3.8, 4) is 6.07 Å². The van der Waals surface area contributed by atoms with Crippen molar-refractivity contribution in [1.29, 1.82) is 5.26 Å². The molecule has 0 unspecified atom stereocenters. The van der Waals surface area contributed by atoms with Gasteiger partial charge in [-0.1, -0.05) is 117 Å². The number of nitrogens with zero attached hydrogens (tertiary/aromatic N) is 2. The maximum Gasteiger partial charge on any atom is 0.0954 e. The summed E-state index contributed by atoms with van der Waals surface area (Å²) in [4.78, 5) is 2.44. The van der Waals surface area contributed by atoms with Gasteiger partial charge in [-0.3, -0.25) is 4.90 Å². The number of nitriles is 1. The highest BCUT2D eigenvalue weighted by atomic mass is 15.1. The summed E-state index contributed by atoms with van der Waals surface area (Å²) in [6.07, 6.45) is 23.4. The first-order valence-electron chi connectivity index (χ1n) is 12.0. The average Bonchev–Trinajstić information content (AvgIpc) is 2.68. The Kier molecular flexibility index (Phi) is 20.8. The molecule has 0 fully saturated rings. The molecule has 0 aliphatic rings. The zero-order chi connectivity index (χ0) is 20.0. The smallest absolute Gasteiger partial charge is 0.0954 e. The van der Waals surface area contributed by atoms with Gasteiger partial charge in [0, 0.05) is 12.1 Å². The molecule has 0 aliphatic carbocycles. The van der Waals surface area contributed by atoms with E-state index in [9.17, 15) is 0 Å². The highest BCUT2D eigenvalue weighted by Gasteiger charge is 2.06. The van der Waals surface area contributed by atoms with Crippen LogP contribution in [0.15, 0.2) is 12.2 Å². The van der Waals surface area contributed by atoms with Crippen LogP contribution in [0.5, 0.6) is 0 Å². The summed E-state index contributed by atoms with van der Waals surface area (Å²) in [5.41, 5.74) is 0.709. The molecule has 0 rings (SSSR count). The summed E-state index contributed by atoms with van der Waals surface area (Å²) in [6.45, 7) is 11.4. The first-order chi connectivity index (χ1) is 13.2. The fourth-order valence-electron chi connectivity index (χ4n) is 3.69. The van der Waals surface area contributed by atoms with E-state index in [4.69, 9.17) is 5.26 Å². The molecule has 0 radical (unpaired) electrons. The minimum absolute atomic E-state index is 0.709. The molecule has 2 nitrogen and oxygen atoms in total. The van der Waals surface area contributed by atoms with E-state index < -0.39 is 0 Å². The second-order valence-electron chi connectivity index (χ2n) is 8.29. The van der Waals surface area contributed by atoms with Crippen molar-refractivity contribution in [1.82, 2.24) is 4.90 Å². The van der Waals surface area contributed by atoms with Crippen molar-refractivity contribution < 1.29 is 0 Å². The van der Waals surface area contributed by atoms with Crippen LogP contribution in [0.3, 0.4) is 0 Å². The van der Waals surface area contributed by atoms with E-state index in [0.717, 1.165) is 19.6 Å². The second-order valence-corrected chi connectivity index (χ2v) is 8.29. The summed E-state index contributed by atoms with van der Waals surface area (Å²) in [5.74, 6) is 0. The number of hydrogen-bond acceptors (Lipinski definition) is 2. The van der Waals surface area contributed by atoms with E-state index >= 15 is 0 Å². The molecule has 0 amide bonds. The molecule has 0 aliphatic heterocycles. The Hall–Kier alpha value is -0.810. The predicted molar refractivity (Wildman–Crippen MR) is 121 cm³/mol. The maximum atomic E-state index is 9.00. The van der Waals surface area contributed by atoms with Crippen LogP contribution in [-0.4, -0.2) is 24.5 Å². The molecular weight excluding hydrogens is 328 g/mol. The monoisotopic (exact) mass is 376 g/mol. The van der Waals surface area contributed by atoms with E-state index in [2.05, 4.69) is 31.4 Å². The average molecular weight is 377 g/mol. The SMILES string of the molecule is C=C(C#N)CN(CCCCCC)CCCCCCCCCCCCCCC. The maximum absolute atomic E-state index is 9.00. The quantitative estimate of drug-likeness (QED) is 0.150. The molecule has 0 aromatic rings. The van der Waals surface area contributed by atoms with Crippen molar-refractivity contribution in [2.24, 2.45) is 0 Å². The number of rotatable bonds is 21. The lowest BCUT2D eigenvalue weighted by Crippen LogP contribution is -2.28. The second kappa shape index (κ2) is 21.5. The van der Waals surface area contributed by atoms with Gasteiger partial charge in [-0.15, -0.1) is 0 Å². The van der Waals surface area contributed by atoms with Crippen LogP contribution in [0.25, 0.3) is 0 Å². The molecule has 0 N–H and O–H groups in total. The molecular formula is C25H48N2. The summed E-state index contributed by atoms with van der Waals surface area (Å²) in [7, 11) is 0. The molecule has 0 spiro atoms. The van der Waals surface area contributed by atoms with Gasteiger partial charge in [0.25, 0.3) is 0 Å². The Balaban J connectivity index is 3.55. The third-order valence-electron chi connectivity index (χ3n) is 5.48. The van der Waals surface area contributed by atoms with Crippen molar-refractivity contribution >= 4 is 0 Å². The number of unbranched alkanes of at least 4 members (excludes halogenated alkanes) is 15. The highest BCUT2D eigenvalue weighted by molar-refractivity contribution is 5.17. The van der Waals surface area contributed by atoms with Crippen molar-refractivity contribution in [2.45, 2.75) is 123 Å². The fraction of sp³-hybridized carbons (Fsp3) is 0.880. The van der Waals surface area contributed by atoms with Crippen LogP contribution in [0.1, 0.15) is 123 Å². The highest BCUT2D eigenvalue weighted by Crippen LogP contribution is 2.13. The van der Waals surface area contributed by atoms with Gasteiger partial charge in [-0.2, -0.15) is 5.26 Å². The largest absolute Gasteiger partial charge is 0.298 e. The lowest BCUT2D eigenvalue weighted by molar-refractivity contribution is 0.283. The van der Waals surface area contributed by atoms with Gasteiger partial charge in [0.2, 0.25) is 0 Å². The van der Waals surface area contributed by atoms with Crippen LogP contribution in [-0.2, 0) is 0 Å². The first-order valence-corrected chi connectivity index (χ1v) is 12.0. The van der Waals surface area contributed by atoms with Crippen molar-refractivity contribution in [2.75, 3.05) is 19.6 Å². The Labute approximate surface area is 171 Å². The lowest BCUT2D eigenvalue weighted by Gasteiger charge is -2.21. The molecule has 0 bridgehead atoms. The minimum atomic E-state index is 0.709. The van der Waals surface area contributed by atoms with Gasteiger partial charge in [0.1, 0.15) is 0 Å². The molecule has 0 aromatic carbocycles. The molecule has 0 saturated heterocycles. The molecule has 0 atom stereocenters. The summed E-state index contributed by atoms with van der Waals surface area (Å²) in [5, 5.41) is 9.00. The van der Waals surface area contributed by atoms with Crippen LogP contribution in [0.2, 0.25) is 0 Å². The van der Waals surface area contributed by atoms with Gasteiger partial charge in [-0.25, -0.2) is 0 Å². The van der Waals surface area contributed by atoms with Gasteiger partial charge >= 0.3 is 0 Å². The van der Waals surface area contributed by atoms with Crippen molar-refractivity contribution in [3.05, 3.63) is 12.2 Å². The topological polar surface area (TPSA) is 27.0 Å². The normalized spacial score (nSPS) is 11.0. The van der Waals surface area contributed by atoms with Gasteiger partial charge < -0.3 is 0 Å². The summed E-state index contributed by atoms with van der Waals surface area (Å²) < 4.78 is 0. The van der Waals surface area contributed by atoms with Gasteiger partial charge in [0.05, 0.1) is 6.07 Å². The van der Waals surface area contributed by atoms with Crippen LogP contribution >= 0.6 is 0 Å². The molecule has 158 valence electrons. The van der Waals surface area contributed by atoms with E-state index in [0.29, 0.717) is 5.57 Å². The zero-order valence-corrected chi connectivity index (χ0v) is 18.7. The lowest BCUT2D eigenvalue weighted by atomic mass is 10.0. The summed E-state index contributed by atoms with van der Waals surface area (Å²) in [6, 6.07) is 2.21. The zero-order valence-electron chi connectivity index (χ0n) is 18.7. The Morgan fingerprint density at radius 2 is 0.963 bits per heavy atom. The third kappa shape index (κ3) is 19.7. The number of hydrogen-bond donors (Lipinski definition) is 0. The molecule has 0 saturated carbocycles. The third-order valence-corrected chi connectivity index (χ3v) is 5.48. The minimum Gasteiger partial charge on any atom is -0.298 e. The Bertz CT molecular complexity index is 356. The summed E-state index contributed by atoms with van der Waals surface area (Å²) >= 11 is 0. The fourth-order valence-corrected chi connectivity index (χ4v) is 3.69. The molecule has 2 heteroatoms. The van der Waals surface area contributed by atoms with Gasteiger partial charge in [0.15, 0.2) is 0 Å². The predicted octanol–water partition coefficient (Wildman–Crippen LogP) is 8.04. The van der Waals surface area contributed by atoms with E-state index in [-0.39, 0.29) is 0 Å². The van der Waals surface area contributed by atoms with Crippen LogP contribution in [0.4, 0.5) is 0 Å². The Morgan fingerprint density at radius 1 is 0.630 bits per heavy atom. The van der Waals surface area contributed by atoms with Crippen LogP contribution in [0, 0.1) is 11.3 Å². The Morgan fingerprint density at radius 3 is 1.33 bits per heavy atom. The first kappa shape index (κ1) is 26.2. The van der Waals surface area contributed by atoms with Gasteiger partial charge in [-0.05, 0) is 25.9 Å². The van der Waals surface area contributed by atoms with E-state index in [1.54, 1.807) is 0 Å².